The first-order chi connectivity index (χ1) is 5.99. The van der Waals surface area contributed by atoms with Gasteiger partial charge in [0.05, 0.1) is 5.54 Å². The summed E-state index contributed by atoms with van der Waals surface area (Å²) in [6.07, 6.45) is 1.90. The third-order valence-electron chi connectivity index (χ3n) is 2.59. The van der Waals surface area contributed by atoms with E-state index in [1.807, 2.05) is 20.8 Å². The van der Waals surface area contributed by atoms with E-state index in [0.29, 0.717) is 5.78 Å². The number of hydrogen-bond acceptors (Lipinski definition) is 2. The molecule has 0 aromatic heterocycles. The molecular formula is C11H23NO. The Labute approximate surface area is 82.1 Å². The number of Topliss-reactive ketones (excluding diaryl/α,β-unsaturated/α-hetero) is 1. The van der Waals surface area contributed by atoms with Crippen LogP contribution in [0.4, 0.5) is 0 Å². The van der Waals surface area contributed by atoms with Gasteiger partial charge in [-0.1, -0.05) is 20.8 Å². The first-order valence-electron chi connectivity index (χ1n) is 5.28. The van der Waals surface area contributed by atoms with Crippen molar-refractivity contribution in [1.29, 1.82) is 0 Å². The number of likely N-dealkylation sites (N-methyl/N-ethyl adjacent to an activating group) is 1. The Morgan fingerprint density at radius 2 is 1.69 bits per heavy atom. The average molecular weight is 185 g/mol. The lowest BCUT2D eigenvalue weighted by Crippen LogP contribution is -2.49. The number of carbonyl (C=O) groups excluding carboxylic acids is 1. The van der Waals surface area contributed by atoms with Crippen LogP contribution >= 0.6 is 0 Å². The fourth-order valence-electron chi connectivity index (χ4n) is 1.70. The third kappa shape index (κ3) is 3.47. The molecule has 0 spiro atoms. The fourth-order valence-corrected chi connectivity index (χ4v) is 1.70. The SMILES string of the molecule is CCNC(C)(C)C(=O)C(CC)CC. The average Bonchev–Trinajstić information content (AvgIpc) is 2.06. The van der Waals surface area contributed by atoms with Crippen molar-refractivity contribution in [2.75, 3.05) is 6.54 Å². The van der Waals surface area contributed by atoms with Crippen LogP contribution in [0.5, 0.6) is 0 Å². The monoisotopic (exact) mass is 185 g/mol. The Bertz CT molecular complexity index is 159. The minimum Gasteiger partial charge on any atom is -0.306 e. The largest absolute Gasteiger partial charge is 0.306 e. The van der Waals surface area contributed by atoms with E-state index in [2.05, 4.69) is 19.2 Å². The first kappa shape index (κ1) is 12.6. The van der Waals surface area contributed by atoms with Gasteiger partial charge < -0.3 is 5.32 Å². The summed E-state index contributed by atoms with van der Waals surface area (Å²) >= 11 is 0. The van der Waals surface area contributed by atoms with Gasteiger partial charge in [0, 0.05) is 5.92 Å². The van der Waals surface area contributed by atoms with E-state index in [4.69, 9.17) is 0 Å². The van der Waals surface area contributed by atoms with Gasteiger partial charge in [0.2, 0.25) is 0 Å². The van der Waals surface area contributed by atoms with Crippen LogP contribution in [0.25, 0.3) is 0 Å². The van der Waals surface area contributed by atoms with Crippen molar-refractivity contribution >= 4 is 5.78 Å². The zero-order chi connectivity index (χ0) is 10.5. The second kappa shape index (κ2) is 5.38. The highest BCUT2D eigenvalue weighted by molar-refractivity contribution is 5.89. The van der Waals surface area contributed by atoms with Crippen LogP contribution in [0.3, 0.4) is 0 Å². The molecule has 0 unspecified atom stereocenters. The molecule has 0 aromatic carbocycles. The maximum atomic E-state index is 12.0. The van der Waals surface area contributed by atoms with E-state index in [9.17, 15) is 4.79 Å². The predicted octanol–water partition coefficient (Wildman–Crippen LogP) is 2.38. The zero-order valence-corrected chi connectivity index (χ0v) is 9.61. The van der Waals surface area contributed by atoms with Crippen LogP contribution < -0.4 is 5.32 Å². The number of rotatable bonds is 6. The van der Waals surface area contributed by atoms with Crippen molar-refractivity contribution in [1.82, 2.24) is 5.32 Å². The van der Waals surface area contributed by atoms with Crippen molar-refractivity contribution in [3.8, 4) is 0 Å². The molecule has 2 heteroatoms. The van der Waals surface area contributed by atoms with Crippen LogP contribution in [-0.2, 0) is 4.79 Å². The molecule has 0 saturated carbocycles. The van der Waals surface area contributed by atoms with Crippen molar-refractivity contribution < 1.29 is 4.79 Å². The smallest absolute Gasteiger partial charge is 0.155 e. The molecule has 0 atom stereocenters. The van der Waals surface area contributed by atoms with Gasteiger partial charge in [-0.15, -0.1) is 0 Å². The molecule has 0 fully saturated rings. The van der Waals surface area contributed by atoms with Gasteiger partial charge in [-0.25, -0.2) is 0 Å². The number of hydrogen-bond donors (Lipinski definition) is 1. The van der Waals surface area contributed by atoms with Gasteiger partial charge in [0.15, 0.2) is 5.78 Å². The van der Waals surface area contributed by atoms with E-state index in [-0.39, 0.29) is 11.5 Å². The topological polar surface area (TPSA) is 29.1 Å². The predicted molar refractivity (Wildman–Crippen MR) is 56.8 cm³/mol. The Balaban J connectivity index is 4.36. The second-order valence-electron chi connectivity index (χ2n) is 4.03. The van der Waals surface area contributed by atoms with E-state index in [1.165, 1.54) is 0 Å². The molecule has 1 N–H and O–H groups in total. The molecule has 2 nitrogen and oxygen atoms in total. The molecule has 0 aromatic rings. The zero-order valence-electron chi connectivity index (χ0n) is 9.61. The Morgan fingerprint density at radius 1 is 1.23 bits per heavy atom. The van der Waals surface area contributed by atoms with E-state index in [0.717, 1.165) is 19.4 Å². The van der Waals surface area contributed by atoms with Gasteiger partial charge >= 0.3 is 0 Å². The summed E-state index contributed by atoms with van der Waals surface area (Å²) in [5, 5.41) is 3.22. The summed E-state index contributed by atoms with van der Waals surface area (Å²) in [7, 11) is 0. The summed E-state index contributed by atoms with van der Waals surface area (Å²) < 4.78 is 0. The van der Waals surface area contributed by atoms with Gasteiger partial charge in [0.1, 0.15) is 0 Å². The van der Waals surface area contributed by atoms with E-state index in [1.54, 1.807) is 0 Å². The first-order valence-corrected chi connectivity index (χ1v) is 5.28. The molecule has 0 amide bonds. The Kier molecular flexibility index (Phi) is 5.23. The Hall–Kier alpha value is -0.370. The van der Waals surface area contributed by atoms with Crippen molar-refractivity contribution in [3.63, 3.8) is 0 Å². The molecule has 0 aliphatic heterocycles. The summed E-state index contributed by atoms with van der Waals surface area (Å²) in [5.74, 6) is 0.563. The van der Waals surface area contributed by atoms with Crippen molar-refractivity contribution in [2.24, 2.45) is 5.92 Å². The van der Waals surface area contributed by atoms with Gasteiger partial charge in [-0.2, -0.15) is 0 Å². The van der Waals surface area contributed by atoms with Gasteiger partial charge in [0.25, 0.3) is 0 Å². The third-order valence-corrected chi connectivity index (χ3v) is 2.59. The molecule has 0 bridgehead atoms. The normalized spacial score (nSPS) is 12.2. The molecule has 0 heterocycles. The maximum absolute atomic E-state index is 12.0. The maximum Gasteiger partial charge on any atom is 0.155 e. The Morgan fingerprint density at radius 3 is 2.00 bits per heavy atom. The van der Waals surface area contributed by atoms with Gasteiger partial charge in [-0.3, -0.25) is 4.79 Å². The van der Waals surface area contributed by atoms with E-state index >= 15 is 0 Å². The lowest BCUT2D eigenvalue weighted by atomic mass is 9.85. The summed E-state index contributed by atoms with van der Waals surface area (Å²) in [6, 6.07) is 0. The summed E-state index contributed by atoms with van der Waals surface area (Å²) in [4.78, 5) is 12.0. The van der Waals surface area contributed by atoms with Crippen molar-refractivity contribution in [2.45, 2.75) is 53.0 Å². The molecule has 0 aliphatic rings. The molecule has 0 saturated heterocycles. The highest BCUT2D eigenvalue weighted by atomic mass is 16.1. The van der Waals surface area contributed by atoms with Crippen LogP contribution in [0, 0.1) is 5.92 Å². The highest BCUT2D eigenvalue weighted by Crippen LogP contribution is 2.17. The fraction of sp³-hybridized carbons (Fsp3) is 0.909. The molecule has 78 valence electrons. The van der Waals surface area contributed by atoms with E-state index < -0.39 is 0 Å². The van der Waals surface area contributed by atoms with Crippen LogP contribution in [0.1, 0.15) is 47.5 Å². The minimum atomic E-state index is -0.356. The standard InChI is InChI=1S/C11H23NO/c1-6-9(7-2)10(13)11(4,5)12-8-3/h9,12H,6-8H2,1-5H3. The van der Waals surface area contributed by atoms with Crippen molar-refractivity contribution in [3.05, 3.63) is 0 Å². The van der Waals surface area contributed by atoms with Gasteiger partial charge in [-0.05, 0) is 33.2 Å². The minimum absolute atomic E-state index is 0.217. The highest BCUT2D eigenvalue weighted by Gasteiger charge is 2.30. The molecule has 0 radical (unpaired) electrons. The summed E-state index contributed by atoms with van der Waals surface area (Å²) in [5.41, 5.74) is -0.356. The van der Waals surface area contributed by atoms with Crippen LogP contribution in [-0.4, -0.2) is 17.9 Å². The second-order valence-corrected chi connectivity index (χ2v) is 4.03. The number of carbonyl (C=O) groups is 1. The molecule has 13 heavy (non-hydrogen) atoms. The van der Waals surface area contributed by atoms with Crippen LogP contribution in [0.2, 0.25) is 0 Å². The van der Waals surface area contributed by atoms with Crippen LogP contribution in [0.15, 0.2) is 0 Å². The number of ketones is 1. The molecular weight excluding hydrogens is 162 g/mol. The molecule has 0 rings (SSSR count). The lowest BCUT2D eigenvalue weighted by Gasteiger charge is -2.28. The quantitative estimate of drug-likeness (QED) is 0.688. The molecule has 0 aliphatic carbocycles. The summed E-state index contributed by atoms with van der Waals surface area (Å²) in [6.45, 7) is 11.0. The lowest BCUT2D eigenvalue weighted by molar-refractivity contribution is -0.128. The number of nitrogens with one attached hydrogen (secondary N) is 1.